The van der Waals surface area contributed by atoms with E-state index in [4.69, 9.17) is 5.11 Å². The Labute approximate surface area is 114 Å². The molecule has 2 fully saturated rings. The molecule has 1 aromatic carbocycles. The van der Waals surface area contributed by atoms with Crippen LogP contribution in [0.25, 0.3) is 0 Å². The molecule has 1 heterocycles. The van der Waals surface area contributed by atoms with E-state index in [1.54, 1.807) is 12.1 Å². The SMILES string of the molecule is O=C(O)c1cccc(N2CCC3(CCCC3)CC2)c1. The molecule has 3 rings (SSSR count). The molecule has 19 heavy (non-hydrogen) atoms. The zero-order chi connectivity index (χ0) is 13.3. The number of anilines is 1. The highest BCUT2D eigenvalue weighted by Gasteiger charge is 2.36. The minimum absolute atomic E-state index is 0.388. The summed E-state index contributed by atoms with van der Waals surface area (Å²) in [5.41, 5.74) is 2.06. The van der Waals surface area contributed by atoms with Gasteiger partial charge in [-0.15, -0.1) is 0 Å². The second-order valence-corrected chi connectivity index (χ2v) is 6.05. The van der Waals surface area contributed by atoms with Gasteiger partial charge in [0.15, 0.2) is 0 Å². The molecule has 1 N–H and O–H groups in total. The Morgan fingerprint density at radius 3 is 2.42 bits per heavy atom. The molecular formula is C16H21NO2. The highest BCUT2D eigenvalue weighted by Crippen LogP contribution is 2.46. The zero-order valence-corrected chi connectivity index (χ0v) is 11.3. The van der Waals surface area contributed by atoms with Gasteiger partial charge in [0.25, 0.3) is 0 Å². The number of rotatable bonds is 2. The Morgan fingerprint density at radius 2 is 1.79 bits per heavy atom. The molecular weight excluding hydrogens is 238 g/mol. The van der Waals surface area contributed by atoms with Gasteiger partial charge in [0, 0.05) is 18.8 Å². The third-order valence-electron chi connectivity index (χ3n) is 4.95. The summed E-state index contributed by atoms with van der Waals surface area (Å²) in [6, 6.07) is 7.33. The lowest BCUT2D eigenvalue weighted by atomic mass is 9.77. The number of carboxylic acids is 1. The van der Waals surface area contributed by atoms with Gasteiger partial charge in [-0.25, -0.2) is 4.79 Å². The Hall–Kier alpha value is -1.51. The van der Waals surface area contributed by atoms with Crippen LogP contribution in [-0.2, 0) is 0 Å². The van der Waals surface area contributed by atoms with Crippen molar-refractivity contribution in [2.24, 2.45) is 5.41 Å². The van der Waals surface area contributed by atoms with Crippen LogP contribution in [0.15, 0.2) is 24.3 Å². The van der Waals surface area contributed by atoms with Crippen LogP contribution < -0.4 is 4.90 Å². The smallest absolute Gasteiger partial charge is 0.335 e. The first-order chi connectivity index (χ1) is 9.19. The van der Waals surface area contributed by atoms with Gasteiger partial charge in [-0.3, -0.25) is 0 Å². The van der Waals surface area contributed by atoms with Crippen LogP contribution in [0.3, 0.4) is 0 Å². The summed E-state index contributed by atoms with van der Waals surface area (Å²) in [7, 11) is 0. The Kier molecular flexibility index (Phi) is 3.21. The number of aromatic carboxylic acids is 1. The first-order valence-electron chi connectivity index (χ1n) is 7.27. The van der Waals surface area contributed by atoms with Crippen molar-refractivity contribution >= 4 is 11.7 Å². The molecule has 1 aromatic rings. The first-order valence-corrected chi connectivity index (χ1v) is 7.27. The third-order valence-corrected chi connectivity index (χ3v) is 4.95. The van der Waals surface area contributed by atoms with Crippen LogP contribution in [-0.4, -0.2) is 24.2 Å². The van der Waals surface area contributed by atoms with Crippen molar-refractivity contribution in [1.29, 1.82) is 0 Å². The number of carbonyl (C=O) groups is 1. The summed E-state index contributed by atoms with van der Waals surface area (Å²) < 4.78 is 0. The second-order valence-electron chi connectivity index (χ2n) is 6.05. The third kappa shape index (κ3) is 2.46. The number of benzene rings is 1. The molecule has 0 unspecified atom stereocenters. The van der Waals surface area contributed by atoms with E-state index in [0.29, 0.717) is 11.0 Å². The molecule has 102 valence electrons. The van der Waals surface area contributed by atoms with Crippen molar-refractivity contribution in [2.45, 2.75) is 38.5 Å². The van der Waals surface area contributed by atoms with Gasteiger partial charge in [0.2, 0.25) is 0 Å². The van der Waals surface area contributed by atoms with Crippen LogP contribution in [0.4, 0.5) is 5.69 Å². The van der Waals surface area contributed by atoms with E-state index in [1.807, 2.05) is 12.1 Å². The summed E-state index contributed by atoms with van der Waals surface area (Å²) in [6.07, 6.45) is 8.13. The molecule has 0 atom stereocenters. The molecule has 1 aliphatic carbocycles. The molecule has 1 saturated heterocycles. The van der Waals surface area contributed by atoms with Crippen LogP contribution in [0.2, 0.25) is 0 Å². The summed E-state index contributed by atoms with van der Waals surface area (Å²) in [6.45, 7) is 2.14. The summed E-state index contributed by atoms with van der Waals surface area (Å²) in [5, 5.41) is 9.06. The number of carboxylic acid groups (broad SMARTS) is 1. The van der Waals surface area contributed by atoms with Crippen molar-refractivity contribution in [3.63, 3.8) is 0 Å². The Morgan fingerprint density at radius 1 is 1.11 bits per heavy atom. The fraction of sp³-hybridized carbons (Fsp3) is 0.562. The van der Waals surface area contributed by atoms with Gasteiger partial charge < -0.3 is 10.0 Å². The predicted molar refractivity (Wildman–Crippen MR) is 75.7 cm³/mol. The van der Waals surface area contributed by atoms with E-state index in [0.717, 1.165) is 18.8 Å². The van der Waals surface area contributed by atoms with Crippen LogP contribution >= 0.6 is 0 Å². The predicted octanol–water partition coefficient (Wildman–Crippen LogP) is 3.55. The van der Waals surface area contributed by atoms with E-state index in [-0.39, 0.29) is 0 Å². The maximum atomic E-state index is 11.0. The normalized spacial score (nSPS) is 21.8. The van der Waals surface area contributed by atoms with E-state index < -0.39 is 5.97 Å². The van der Waals surface area contributed by atoms with Gasteiger partial charge in [-0.2, -0.15) is 0 Å². The standard InChI is InChI=1S/C16H21NO2/c18-15(19)13-4-3-5-14(12-13)17-10-8-16(9-11-17)6-1-2-7-16/h3-5,12H,1-2,6-11H2,(H,18,19). The minimum Gasteiger partial charge on any atom is -0.478 e. The highest BCUT2D eigenvalue weighted by atomic mass is 16.4. The molecule has 1 saturated carbocycles. The minimum atomic E-state index is -0.842. The van der Waals surface area contributed by atoms with Crippen LogP contribution in [0.1, 0.15) is 48.9 Å². The number of nitrogens with zero attached hydrogens (tertiary/aromatic N) is 1. The lowest BCUT2D eigenvalue weighted by molar-refractivity contribution is 0.0697. The van der Waals surface area contributed by atoms with Crippen molar-refractivity contribution < 1.29 is 9.90 Å². The average Bonchev–Trinajstić information content (AvgIpc) is 2.88. The monoisotopic (exact) mass is 259 g/mol. The van der Waals surface area contributed by atoms with Gasteiger partial charge in [0.1, 0.15) is 0 Å². The van der Waals surface area contributed by atoms with Crippen molar-refractivity contribution in [3.8, 4) is 0 Å². The zero-order valence-electron chi connectivity index (χ0n) is 11.3. The Balaban J connectivity index is 1.71. The van der Waals surface area contributed by atoms with Crippen molar-refractivity contribution in [3.05, 3.63) is 29.8 Å². The lowest BCUT2D eigenvalue weighted by Crippen LogP contribution is -2.38. The van der Waals surface area contributed by atoms with Crippen LogP contribution in [0.5, 0.6) is 0 Å². The molecule has 1 aliphatic heterocycles. The lowest BCUT2D eigenvalue weighted by Gasteiger charge is -2.40. The summed E-state index contributed by atoms with van der Waals surface area (Å²) in [5.74, 6) is -0.842. The maximum Gasteiger partial charge on any atom is 0.335 e. The van der Waals surface area contributed by atoms with Crippen molar-refractivity contribution in [2.75, 3.05) is 18.0 Å². The Bertz CT molecular complexity index is 467. The topological polar surface area (TPSA) is 40.5 Å². The van der Waals surface area contributed by atoms with E-state index in [9.17, 15) is 4.79 Å². The molecule has 3 nitrogen and oxygen atoms in total. The molecule has 2 aliphatic rings. The molecule has 0 bridgehead atoms. The maximum absolute atomic E-state index is 11.0. The average molecular weight is 259 g/mol. The summed E-state index contributed by atoms with van der Waals surface area (Å²) in [4.78, 5) is 13.4. The number of hydrogen-bond acceptors (Lipinski definition) is 2. The van der Waals surface area contributed by atoms with Gasteiger partial charge in [0.05, 0.1) is 5.56 Å². The fourth-order valence-corrected chi connectivity index (χ4v) is 3.70. The number of hydrogen-bond donors (Lipinski definition) is 1. The van der Waals surface area contributed by atoms with E-state index in [2.05, 4.69) is 4.90 Å². The fourth-order valence-electron chi connectivity index (χ4n) is 3.70. The van der Waals surface area contributed by atoms with Gasteiger partial charge in [-0.1, -0.05) is 18.9 Å². The van der Waals surface area contributed by atoms with Crippen LogP contribution in [0, 0.1) is 5.41 Å². The van der Waals surface area contributed by atoms with E-state index in [1.165, 1.54) is 38.5 Å². The van der Waals surface area contributed by atoms with Gasteiger partial charge >= 0.3 is 5.97 Å². The van der Waals surface area contributed by atoms with Gasteiger partial charge in [-0.05, 0) is 49.3 Å². The molecule has 3 heteroatoms. The quantitative estimate of drug-likeness (QED) is 0.883. The highest BCUT2D eigenvalue weighted by molar-refractivity contribution is 5.88. The van der Waals surface area contributed by atoms with E-state index >= 15 is 0 Å². The molecule has 0 radical (unpaired) electrons. The first kappa shape index (κ1) is 12.5. The second kappa shape index (κ2) is 4.87. The molecule has 0 amide bonds. The summed E-state index contributed by atoms with van der Waals surface area (Å²) >= 11 is 0. The molecule has 0 aromatic heterocycles. The van der Waals surface area contributed by atoms with Crippen molar-refractivity contribution in [1.82, 2.24) is 0 Å². The number of piperidine rings is 1. The molecule has 1 spiro atoms. The largest absolute Gasteiger partial charge is 0.478 e.